The number of nitrogens with zero attached hydrogens (tertiary/aromatic N) is 2. The minimum absolute atomic E-state index is 0.0309. The summed E-state index contributed by atoms with van der Waals surface area (Å²) in [4.78, 5) is 28.5. The van der Waals surface area contributed by atoms with Crippen molar-refractivity contribution in [2.75, 3.05) is 24.2 Å². The van der Waals surface area contributed by atoms with E-state index >= 15 is 0 Å². The zero-order valence-corrected chi connectivity index (χ0v) is 19.2. The zero-order valence-electron chi connectivity index (χ0n) is 18.3. The van der Waals surface area contributed by atoms with Crippen molar-refractivity contribution < 1.29 is 14.3 Å². The summed E-state index contributed by atoms with van der Waals surface area (Å²) in [6, 6.07) is 15.5. The standard InChI is InChI=1S/C24H28N4O3S/c1-18-20(15-28-16-22(26-17-28)11-12-25-19(2)29)7-6-10-23(18)32-14-13-31-24(30)27-21-8-4-3-5-9-21/h3-10,16-17H,11-15H2,1-2H3,(H,25,29)(H,27,30). The van der Waals surface area contributed by atoms with Crippen molar-refractivity contribution in [2.45, 2.75) is 31.7 Å². The second-order valence-corrected chi connectivity index (χ2v) is 8.42. The summed E-state index contributed by atoms with van der Waals surface area (Å²) in [6.07, 6.45) is 4.10. The van der Waals surface area contributed by atoms with Gasteiger partial charge < -0.3 is 14.6 Å². The van der Waals surface area contributed by atoms with Gasteiger partial charge >= 0.3 is 6.09 Å². The van der Waals surface area contributed by atoms with Gasteiger partial charge in [-0.05, 0) is 36.2 Å². The van der Waals surface area contributed by atoms with Crippen LogP contribution in [0.2, 0.25) is 0 Å². The van der Waals surface area contributed by atoms with E-state index in [9.17, 15) is 9.59 Å². The summed E-state index contributed by atoms with van der Waals surface area (Å²) in [5.74, 6) is 0.641. The van der Waals surface area contributed by atoms with E-state index in [4.69, 9.17) is 4.74 Å². The molecule has 0 saturated heterocycles. The van der Waals surface area contributed by atoms with Crippen LogP contribution in [-0.4, -0.2) is 40.5 Å². The number of nitrogens with one attached hydrogen (secondary N) is 2. The number of carbonyl (C=O) groups excluding carboxylic acids is 2. The Morgan fingerprint density at radius 1 is 1.12 bits per heavy atom. The van der Waals surface area contributed by atoms with Gasteiger partial charge in [-0.2, -0.15) is 0 Å². The van der Waals surface area contributed by atoms with E-state index < -0.39 is 6.09 Å². The Morgan fingerprint density at radius 2 is 1.94 bits per heavy atom. The highest BCUT2D eigenvalue weighted by Gasteiger charge is 2.08. The maximum atomic E-state index is 11.9. The summed E-state index contributed by atoms with van der Waals surface area (Å²) in [6.45, 7) is 5.26. The zero-order chi connectivity index (χ0) is 22.8. The molecule has 0 aliphatic carbocycles. The molecule has 2 aromatic carbocycles. The first-order valence-electron chi connectivity index (χ1n) is 10.5. The van der Waals surface area contributed by atoms with Crippen LogP contribution in [0, 0.1) is 6.92 Å². The van der Waals surface area contributed by atoms with Crippen LogP contribution in [0.25, 0.3) is 0 Å². The van der Waals surface area contributed by atoms with E-state index in [0.29, 0.717) is 31.0 Å². The van der Waals surface area contributed by atoms with E-state index in [2.05, 4.69) is 39.2 Å². The molecule has 0 fully saturated rings. The fraction of sp³-hybridized carbons (Fsp3) is 0.292. The van der Waals surface area contributed by atoms with Gasteiger partial charge in [0.25, 0.3) is 0 Å². The minimum Gasteiger partial charge on any atom is -0.448 e. The van der Waals surface area contributed by atoms with Gasteiger partial charge in [-0.3, -0.25) is 10.1 Å². The van der Waals surface area contributed by atoms with E-state index in [1.165, 1.54) is 22.9 Å². The summed E-state index contributed by atoms with van der Waals surface area (Å²) in [5, 5.41) is 5.50. The third kappa shape index (κ3) is 7.46. The van der Waals surface area contributed by atoms with Crippen molar-refractivity contribution in [2.24, 2.45) is 0 Å². The molecule has 0 saturated carbocycles. The van der Waals surface area contributed by atoms with Gasteiger partial charge in [0.1, 0.15) is 6.61 Å². The molecular weight excluding hydrogens is 424 g/mol. The smallest absolute Gasteiger partial charge is 0.411 e. The first-order chi connectivity index (χ1) is 15.5. The fourth-order valence-electron chi connectivity index (χ4n) is 3.13. The highest BCUT2D eigenvalue weighted by molar-refractivity contribution is 7.99. The van der Waals surface area contributed by atoms with Gasteiger partial charge in [-0.1, -0.05) is 30.3 Å². The maximum Gasteiger partial charge on any atom is 0.411 e. The van der Waals surface area contributed by atoms with Crippen molar-refractivity contribution in [3.8, 4) is 0 Å². The predicted octanol–water partition coefficient (Wildman–Crippen LogP) is 4.26. The van der Waals surface area contributed by atoms with Crippen molar-refractivity contribution in [1.29, 1.82) is 0 Å². The number of hydrogen-bond acceptors (Lipinski definition) is 5. The summed E-state index contributed by atoms with van der Waals surface area (Å²) >= 11 is 1.67. The average molecular weight is 453 g/mol. The highest BCUT2D eigenvalue weighted by atomic mass is 32.2. The fourth-order valence-corrected chi connectivity index (χ4v) is 4.04. The van der Waals surface area contributed by atoms with Crippen molar-refractivity contribution in [3.05, 3.63) is 77.9 Å². The van der Waals surface area contributed by atoms with Crippen LogP contribution in [0.15, 0.2) is 66.0 Å². The van der Waals surface area contributed by atoms with Crippen LogP contribution in [0.1, 0.15) is 23.7 Å². The van der Waals surface area contributed by atoms with Crippen molar-refractivity contribution >= 4 is 29.4 Å². The number of hydrogen-bond donors (Lipinski definition) is 2. The summed E-state index contributed by atoms with van der Waals surface area (Å²) in [5.41, 5.74) is 4.09. The first-order valence-corrected chi connectivity index (χ1v) is 11.4. The number of rotatable bonds is 10. The van der Waals surface area contributed by atoms with Crippen LogP contribution < -0.4 is 10.6 Å². The van der Waals surface area contributed by atoms with Crippen LogP contribution in [0.4, 0.5) is 10.5 Å². The SMILES string of the molecule is CC(=O)NCCc1cn(Cc2cccc(SCCOC(=O)Nc3ccccc3)c2C)cn1. The van der Waals surface area contributed by atoms with Crippen LogP contribution >= 0.6 is 11.8 Å². The Labute approximate surface area is 192 Å². The molecule has 0 bridgehead atoms. The molecule has 0 unspecified atom stereocenters. The molecule has 0 atom stereocenters. The molecule has 3 rings (SSSR count). The minimum atomic E-state index is -0.448. The van der Waals surface area contributed by atoms with Crippen molar-refractivity contribution in [1.82, 2.24) is 14.9 Å². The Hall–Kier alpha value is -3.26. The molecule has 2 N–H and O–H groups in total. The van der Waals surface area contributed by atoms with E-state index in [1.807, 2.05) is 48.9 Å². The van der Waals surface area contributed by atoms with Crippen LogP contribution in [0.3, 0.4) is 0 Å². The molecule has 2 amide bonds. The van der Waals surface area contributed by atoms with E-state index in [-0.39, 0.29) is 5.91 Å². The molecule has 3 aromatic rings. The van der Waals surface area contributed by atoms with Gasteiger partial charge in [0, 0.05) is 49.0 Å². The average Bonchev–Trinajstić information content (AvgIpc) is 3.21. The largest absolute Gasteiger partial charge is 0.448 e. The lowest BCUT2D eigenvalue weighted by atomic mass is 10.1. The number of para-hydroxylation sites is 1. The monoisotopic (exact) mass is 452 g/mol. The molecule has 0 aliphatic heterocycles. The highest BCUT2D eigenvalue weighted by Crippen LogP contribution is 2.25. The molecule has 168 valence electrons. The Kier molecular flexibility index (Phi) is 8.74. The number of ether oxygens (including phenoxy) is 1. The molecule has 7 nitrogen and oxygen atoms in total. The molecule has 0 radical (unpaired) electrons. The maximum absolute atomic E-state index is 11.9. The van der Waals surface area contributed by atoms with E-state index in [1.54, 1.807) is 11.8 Å². The summed E-state index contributed by atoms with van der Waals surface area (Å²) in [7, 11) is 0. The number of benzene rings is 2. The Bertz CT molecular complexity index is 1040. The lowest BCUT2D eigenvalue weighted by Gasteiger charge is -2.12. The lowest BCUT2D eigenvalue weighted by Crippen LogP contribution is -2.22. The topological polar surface area (TPSA) is 85.2 Å². The molecule has 8 heteroatoms. The van der Waals surface area contributed by atoms with Crippen LogP contribution in [0.5, 0.6) is 0 Å². The number of thioether (sulfide) groups is 1. The van der Waals surface area contributed by atoms with Gasteiger partial charge in [0.15, 0.2) is 0 Å². The number of carbonyl (C=O) groups is 2. The van der Waals surface area contributed by atoms with Gasteiger partial charge in [-0.25, -0.2) is 9.78 Å². The number of aromatic nitrogens is 2. The number of imidazole rings is 1. The van der Waals surface area contributed by atoms with Gasteiger partial charge in [-0.15, -0.1) is 11.8 Å². The predicted molar refractivity (Wildman–Crippen MR) is 127 cm³/mol. The third-order valence-corrected chi connectivity index (χ3v) is 5.91. The molecule has 0 spiro atoms. The van der Waals surface area contributed by atoms with E-state index in [0.717, 1.165) is 12.2 Å². The third-order valence-electron chi connectivity index (χ3n) is 4.79. The lowest BCUT2D eigenvalue weighted by molar-refractivity contribution is -0.118. The van der Waals surface area contributed by atoms with Crippen LogP contribution in [-0.2, 0) is 22.5 Å². The molecule has 1 aromatic heterocycles. The van der Waals surface area contributed by atoms with Gasteiger partial charge in [0.2, 0.25) is 5.91 Å². The molecule has 0 aliphatic rings. The molecule has 1 heterocycles. The Balaban J connectivity index is 1.46. The quantitative estimate of drug-likeness (QED) is 0.355. The van der Waals surface area contributed by atoms with Gasteiger partial charge in [0.05, 0.1) is 12.0 Å². The summed E-state index contributed by atoms with van der Waals surface area (Å²) < 4.78 is 7.33. The number of amides is 2. The second-order valence-electron chi connectivity index (χ2n) is 7.29. The number of anilines is 1. The Morgan fingerprint density at radius 3 is 2.72 bits per heavy atom. The molecule has 32 heavy (non-hydrogen) atoms. The second kappa shape index (κ2) is 12.0. The first kappa shape index (κ1) is 23.4. The van der Waals surface area contributed by atoms with Crippen molar-refractivity contribution in [3.63, 3.8) is 0 Å². The molecular formula is C24H28N4O3S. The normalized spacial score (nSPS) is 10.6.